The molecule has 0 aromatic carbocycles. The van der Waals surface area contributed by atoms with Crippen molar-refractivity contribution in [1.82, 2.24) is 24.6 Å². The molecule has 0 radical (unpaired) electrons. The van der Waals surface area contributed by atoms with Gasteiger partial charge in [-0.25, -0.2) is 0 Å². The van der Waals surface area contributed by atoms with Crippen LogP contribution < -0.4 is 4.90 Å². The lowest BCUT2D eigenvalue weighted by Crippen LogP contribution is -2.26. The predicted octanol–water partition coefficient (Wildman–Crippen LogP) is 2.14. The molecule has 0 bridgehead atoms. The lowest BCUT2D eigenvalue weighted by molar-refractivity contribution is 0.118. The molecule has 0 amide bonds. The molecule has 118 valence electrons. The second kappa shape index (κ2) is 5.75. The van der Waals surface area contributed by atoms with E-state index in [0.717, 1.165) is 30.1 Å². The van der Waals surface area contributed by atoms with Crippen molar-refractivity contribution in [3.8, 4) is 0 Å². The van der Waals surface area contributed by atoms with E-state index in [-0.39, 0.29) is 12.1 Å². The third-order valence-electron chi connectivity index (χ3n) is 4.19. The van der Waals surface area contributed by atoms with Crippen molar-refractivity contribution >= 4 is 22.9 Å². The summed E-state index contributed by atoms with van der Waals surface area (Å²) in [6.45, 7) is 0.741. The van der Waals surface area contributed by atoms with Gasteiger partial charge in [0.1, 0.15) is 0 Å². The third-order valence-corrected chi connectivity index (χ3v) is 4.49. The molecule has 3 aromatic heterocycles. The number of pyridine rings is 1. The SMILES string of the molecule is CO[C@@H]1C[C@@H](c2nnc3cnccn23)N(c2ccncc2Cl)C1. The van der Waals surface area contributed by atoms with Crippen LogP contribution in [0.3, 0.4) is 0 Å². The Morgan fingerprint density at radius 3 is 2.91 bits per heavy atom. The minimum Gasteiger partial charge on any atom is -0.380 e. The van der Waals surface area contributed by atoms with Gasteiger partial charge in [-0.2, -0.15) is 0 Å². The van der Waals surface area contributed by atoms with E-state index in [0.29, 0.717) is 5.02 Å². The van der Waals surface area contributed by atoms with Gasteiger partial charge in [-0.05, 0) is 6.07 Å². The molecule has 4 rings (SSSR count). The van der Waals surface area contributed by atoms with Crippen LogP contribution in [0.4, 0.5) is 5.69 Å². The zero-order chi connectivity index (χ0) is 15.8. The van der Waals surface area contributed by atoms with E-state index in [1.807, 2.05) is 16.7 Å². The number of methoxy groups -OCH3 is 1. The second-order valence-corrected chi connectivity index (χ2v) is 5.86. The maximum Gasteiger partial charge on any atom is 0.179 e. The Hall–Kier alpha value is -2.25. The lowest BCUT2D eigenvalue weighted by Gasteiger charge is -2.26. The van der Waals surface area contributed by atoms with Crippen LogP contribution in [0.15, 0.2) is 37.1 Å². The van der Waals surface area contributed by atoms with Gasteiger partial charge in [-0.15, -0.1) is 10.2 Å². The summed E-state index contributed by atoms with van der Waals surface area (Å²) in [6, 6.07) is 1.94. The molecule has 1 saturated heterocycles. The van der Waals surface area contributed by atoms with Gasteiger partial charge in [0.05, 0.1) is 29.1 Å². The highest BCUT2D eigenvalue weighted by molar-refractivity contribution is 6.33. The van der Waals surface area contributed by atoms with Crippen molar-refractivity contribution in [2.24, 2.45) is 0 Å². The van der Waals surface area contributed by atoms with Crippen LogP contribution in [0.1, 0.15) is 18.3 Å². The van der Waals surface area contributed by atoms with Gasteiger partial charge < -0.3 is 9.64 Å². The molecule has 4 heterocycles. The highest BCUT2D eigenvalue weighted by Crippen LogP contribution is 2.39. The minimum absolute atomic E-state index is 0.0252. The third kappa shape index (κ3) is 2.42. The summed E-state index contributed by atoms with van der Waals surface area (Å²) >= 11 is 6.34. The highest BCUT2D eigenvalue weighted by atomic mass is 35.5. The summed E-state index contributed by atoms with van der Waals surface area (Å²) in [5.41, 5.74) is 1.65. The average Bonchev–Trinajstić information content (AvgIpc) is 3.18. The summed E-state index contributed by atoms with van der Waals surface area (Å²) in [7, 11) is 1.73. The van der Waals surface area contributed by atoms with Crippen LogP contribution in [-0.2, 0) is 4.74 Å². The summed E-state index contributed by atoms with van der Waals surface area (Å²) in [5, 5.41) is 9.19. The zero-order valence-electron chi connectivity index (χ0n) is 12.5. The number of nitrogens with zero attached hydrogens (tertiary/aromatic N) is 6. The van der Waals surface area contributed by atoms with Gasteiger partial charge in [-0.1, -0.05) is 11.6 Å². The Morgan fingerprint density at radius 1 is 1.22 bits per heavy atom. The standard InChI is InChI=1S/C15H15ClN6O/c1-23-10-6-13(15-20-19-14-8-18-4-5-21(14)15)22(9-10)12-2-3-17-7-11(12)16/h2-5,7-8,10,13H,6,9H2,1H3/t10-,13+/m1/s1. The number of hydrogen-bond acceptors (Lipinski definition) is 6. The van der Waals surface area contributed by atoms with Gasteiger partial charge in [0.2, 0.25) is 0 Å². The molecule has 0 N–H and O–H groups in total. The summed E-state index contributed by atoms with van der Waals surface area (Å²) in [6.07, 6.45) is 9.62. The first-order chi connectivity index (χ1) is 11.3. The van der Waals surface area contributed by atoms with Gasteiger partial charge >= 0.3 is 0 Å². The van der Waals surface area contributed by atoms with Crippen LogP contribution in [0.25, 0.3) is 5.65 Å². The largest absolute Gasteiger partial charge is 0.380 e. The number of aromatic nitrogens is 5. The molecule has 0 unspecified atom stereocenters. The van der Waals surface area contributed by atoms with Crippen LogP contribution in [0.2, 0.25) is 5.02 Å². The molecule has 0 spiro atoms. The van der Waals surface area contributed by atoms with Crippen LogP contribution in [0.5, 0.6) is 0 Å². The number of halogens is 1. The fraction of sp³-hybridized carbons (Fsp3) is 0.333. The van der Waals surface area contributed by atoms with Crippen LogP contribution in [-0.4, -0.2) is 44.3 Å². The first-order valence-electron chi connectivity index (χ1n) is 7.31. The normalized spacial score (nSPS) is 21.2. The van der Waals surface area contributed by atoms with E-state index in [1.165, 1.54) is 0 Å². The number of fused-ring (bicyclic) bond motifs is 1. The molecular weight excluding hydrogens is 316 g/mol. The quantitative estimate of drug-likeness (QED) is 0.733. The molecule has 7 nitrogen and oxygen atoms in total. The van der Waals surface area contributed by atoms with E-state index in [4.69, 9.17) is 16.3 Å². The van der Waals surface area contributed by atoms with Crippen molar-refractivity contribution in [2.75, 3.05) is 18.6 Å². The van der Waals surface area contributed by atoms with Gasteiger partial charge in [0, 0.05) is 44.9 Å². The second-order valence-electron chi connectivity index (χ2n) is 5.45. The van der Waals surface area contributed by atoms with E-state index >= 15 is 0 Å². The smallest absolute Gasteiger partial charge is 0.179 e. The fourth-order valence-electron chi connectivity index (χ4n) is 3.08. The molecule has 1 fully saturated rings. The fourth-order valence-corrected chi connectivity index (χ4v) is 3.31. The number of rotatable bonds is 3. The van der Waals surface area contributed by atoms with Crippen LogP contribution in [0, 0.1) is 0 Å². The Bertz CT molecular complexity index is 837. The number of hydrogen-bond donors (Lipinski definition) is 0. The topological polar surface area (TPSA) is 68.4 Å². The van der Waals surface area contributed by atoms with Gasteiger partial charge in [0.25, 0.3) is 0 Å². The maximum atomic E-state index is 6.34. The Kier molecular flexibility index (Phi) is 3.59. The minimum atomic E-state index is 0.0252. The van der Waals surface area contributed by atoms with Crippen molar-refractivity contribution in [3.05, 3.63) is 47.9 Å². The van der Waals surface area contributed by atoms with Crippen LogP contribution >= 0.6 is 11.6 Å². The monoisotopic (exact) mass is 330 g/mol. The van der Waals surface area contributed by atoms with E-state index in [2.05, 4.69) is 25.1 Å². The van der Waals surface area contributed by atoms with Crippen molar-refractivity contribution in [3.63, 3.8) is 0 Å². The number of ether oxygens (including phenoxy) is 1. The van der Waals surface area contributed by atoms with Crippen molar-refractivity contribution < 1.29 is 4.74 Å². The van der Waals surface area contributed by atoms with Gasteiger partial charge in [-0.3, -0.25) is 14.4 Å². The molecule has 23 heavy (non-hydrogen) atoms. The Labute approximate surface area is 137 Å². The highest BCUT2D eigenvalue weighted by Gasteiger charge is 2.37. The van der Waals surface area contributed by atoms with Crippen molar-refractivity contribution in [2.45, 2.75) is 18.6 Å². The molecular formula is C15H15ClN6O. The summed E-state index contributed by atoms with van der Waals surface area (Å²) < 4.78 is 7.53. The molecule has 1 aliphatic heterocycles. The molecule has 0 aliphatic carbocycles. The molecule has 3 aromatic rings. The number of anilines is 1. The molecule has 2 atom stereocenters. The first-order valence-corrected chi connectivity index (χ1v) is 7.69. The van der Waals surface area contributed by atoms with Crippen molar-refractivity contribution in [1.29, 1.82) is 0 Å². The summed E-state index contributed by atoms with van der Waals surface area (Å²) in [4.78, 5) is 10.3. The zero-order valence-corrected chi connectivity index (χ0v) is 13.3. The summed E-state index contributed by atoms with van der Waals surface area (Å²) in [5.74, 6) is 0.856. The first kappa shape index (κ1) is 14.3. The average molecular weight is 331 g/mol. The molecule has 0 saturated carbocycles. The molecule has 1 aliphatic rings. The van der Waals surface area contributed by atoms with Gasteiger partial charge in [0.15, 0.2) is 11.5 Å². The predicted molar refractivity (Wildman–Crippen MR) is 85.5 cm³/mol. The lowest BCUT2D eigenvalue weighted by atomic mass is 10.2. The Morgan fingerprint density at radius 2 is 2.09 bits per heavy atom. The maximum absolute atomic E-state index is 6.34. The van der Waals surface area contributed by atoms with E-state index in [1.54, 1.807) is 31.9 Å². The van der Waals surface area contributed by atoms with E-state index in [9.17, 15) is 0 Å². The van der Waals surface area contributed by atoms with E-state index < -0.39 is 0 Å². The molecule has 8 heteroatoms. The Balaban J connectivity index is 1.80.